The smallest absolute Gasteiger partial charge is 0.175 e. The van der Waals surface area contributed by atoms with Gasteiger partial charge >= 0.3 is 0 Å². The third-order valence-corrected chi connectivity index (χ3v) is 5.24. The zero-order valence-electron chi connectivity index (χ0n) is 17.2. The van der Waals surface area contributed by atoms with Crippen LogP contribution in [-0.2, 0) is 9.53 Å². The minimum Gasteiger partial charge on any atom is -0.394 e. The summed E-state index contributed by atoms with van der Waals surface area (Å²) in [5.41, 5.74) is 2.35. The first-order valence-corrected chi connectivity index (χ1v) is 10.5. The van der Waals surface area contributed by atoms with E-state index in [1.165, 1.54) is 6.08 Å². The summed E-state index contributed by atoms with van der Waals surface area (Å²) >= 11 is 5.32. The average Bonchev–Trinajstić information content (AvgIpc) is 2.79. The van der Waals surface area contributed by atoms with Gasteiger partial charge in [-0.15, -0.1) is 0 Å². The number of rotatable bonds is 7. The number of ether oxygens (including phenoxy) is 1. The molecule has 1 aliphatic rings. The molecule has 0 aliphatic carbocycles. The van der Waals surface area contributed by atoms with Crippen molar-refractivity contribution < 1.29 is 30.0 Å². The summed E-state index contributed by atoms with van der Waals surface area (Å²) in [7, 11) is 0. The Kier molecular flexibility index (Phi) is 8.46. The fourth-order valence-corrected chi connectivity index (χ4v) is 3.57. The van der Waals surface area contributed by atoms with Crippen LogP contribution in [0.25, 0.3) is 6.08 Å². The Morgan fingerprint density at radius 3 is 2.31 bits per heavy atom. The minimum atomic E-state index is -1.50. The Balaban J connectivity index is 1.57. The number of aliphatic hydroxyl groups is 4. The molecule has 0 aromatic heterocycles. The standard InChI is InChI=1S/C23H26N2O6S/c26-13-19-21(29)22(30)20(28)18(31-19)12-17(27)10-9-14-5-4-8-16(11-14)25-23(32)24-15-6-2-1-3-7-15/h1-11,18-22,26,28-30H,12-13H2,(H2,24,25,32)/b10-9+/t18-,19+,20+,21+,22+/m0/s1. The summed E-state index contributed by atoms with van der Waals surface area (Å²) in [6, 6.07) is 16.8. The van der Waals surface area contributed by atoms with E-state index in [4.69, 9.17) is 17.0 Å². The SMILES string of the molecule is O=C(/C=C/c1cccc(NC(=S)Nc2ccccc2)c1)C[C@@H]1O[C@H](CO)[C@@H](O)[C@H](O)[C@@H]1O. The minimum absolute atomic E-state index is 0.207. The average molecular weight is 459 g/mol. The highest BCUT2D eigenvalue weighted by Gasteiger charge is 2.43. The van der Waals surface area contributed by atoms with Gasteiger partial charge in [-0.25, -0.2) is 0 Å². The van der Waals surface area contributed by atoms with Gasteiger partial charge in [-0.2, -0.15) is 0 Å². The summed E-state index contributed by atoms with van der Waals surface area (Å²) in [4.78, 5) is 12.3. The lowest BCUT2D eigenvalue weighted by Gasteiger charge is -2.39. The van der Waals surface area contributed by atoms with Crippen LogP contribution >= 0.6 is 12.2 Å². The molecule has 170 valence electrons. The van der Waals surface area contributed by atoms with E-state index < -0.39 is 37.1 Å². The Hall–Kier alpha value is -2.66. The van der Waals surface area contributed by atoms with Crippen molar-refractivity contribution in [1.29, 1.82) is 0 Å². The summed E-state index contributed by atoms with van der Waals surface area (Å²) in [5, 5.41) is 45.6. The van der Waals surface area contributed by atoms with Gasteiger partial charge in [-0.05, 0) is 48.1 Å². The van der Waals surface area contributed by atoms with Gasteiger partial charge in [0, 0.05) is 17.8 Å². The van der Waals surface area contributed by atoms with Gasteiger partial charge in [0.25, 0.3) is 0 Å². The molecular formula is C23H26N2O6S. The molecule has 9 heteroatoms. The van der Waals surface area contributed by atoms with Gasteiger partial charge in [0.15, 0.2) is 10.9 Å². The molecule has 0 amide bonds. The molecule has 3 rings (SSSR count). The van der Waals surface area contributed by atoms with E-state index in [1.54, 1.807) is 6.08 Å². The molecule has 2 aromatic carbocycles. The van der Waals surface area contributed by atoms with Crippen molar-refractivity contribution in [2.24, 2.45) is 0 Å². The molecule has 6 N–H and O–H groups in total. The molecular weight excluding hydrogens is 432 g/mol. The number of allylic oxidation sites excluding steroid dienone is 1. The first-order chi connectivity index (χ1) is 15.4. The predicted molar refractivity (Wildman–Crippen MR) is 125 cm³/mol. The maximum absolute atomic E-state index is 12.3. The predicted octanol–water partition coefficient (Wildman–Crippen LogP) is 1.31. The number of ketones is 1. The van der Waals surface area contributed by atoms with Crippen LogP contribution < -0.4 is 10.6 Å². The van der Waals surface area contributed by atoms with Crippen LogP contribution in [0.1, 0.15) is 12.0 Å². The fraction of sp³-hybridized carbons (Fsp3) is 0.304. The van der Waals surface area contributed by atoms with E-state index in [9.17, 15) is 25.2 Å². The molecule has 0 bridgehead atoms. The molecule has 1 fully saturated rings. The summed E-state index contributed by atoms with van der Waals surface area (Å²) in [5.74, 6) is -0.339. The summed E-state index contributed by atoms with van der Waals surface area (Å²) in [6.07, 6.45) is -3.69. The topological polar surface area (TPSA) is 131 Å². The lowest BCUT2D eigenvalue weighted by Crippen LogP contribution is -2.58. The maximum atomic E-state index is 12.3. The van der Waals surface area contributed by atoms with E-state index in [1.807, 2.05) is 54.6 Å². The molecule has 1 aliphatic heterocycles. The molecule has 0 saturated carbocycles. The molecule has 0 radical (unpaired) electrons. The number of benzene rings is 2. The fourth-order valence-electron chi connectivity index (χ4n) is 3.34. The second kappa shape index (κ2) is 11.3. The number of nitrogens with one attached hydrogen (secondary N) is 2. The third kappa shape index (κ3) is 6.42. The zero-order chi connectivity index (χ0) is 23.1. The Morgan fingerprint density at radius 1 is 0.938 bits per heavy atom. The Labute approximate surface area is 191 Å². The second-order valence-corrected chi connectivity index (χ2v) is 7.85. The first-order valence-electron chi connectivity index (χ1n) is 10.1. The second-order valence-electron chi connectivity index (χ2n) is 7.44. The molecule has 32 heavy (non-hydrogen) atoms. The van der Waals surface area contributed by atoms with Crippen LogP contribution in [0.3, 0.4) is 0 Å². The van der Waals surface area contributed by atoms with Gasteiger partial charge in [-0.3, -0.25) is 4.79 Å². The lowest BCUT2D eigenvalue weighted by molar-refractivity contribution is -0.229. The van der Waals surface area contributed by atoms with Crippen molar-refractivity contribution in [3.63, 3.8) is 0 Å². The van der Waals surface area contributed by atoms with Crippen LogP contribution in [0.15, 0.2) is 60.7 Å². The number of hydrogen-bond donors (Lipinski definition) is 6. The lowest BCUT2D eigenvalue weighted by atomic mass is 9.92. The molecule has 8 nitrogen and oxygen atoms in total. The Morgan fingerprint density at radius 2 is 1.59 bits per heavy atom. The molecule has 0 unspecified atom stereocenters. The van der Waals surface area contributed by atoms with Crippen LogP contribution in [0, 0.1) is 0 Å². The number of anilines is 2. The summed E-state index contributed by atoms with van der Waals surface area (Å²) < 4.78 is 5.37. The number of carbonyl (C=O) groups excluding carboxylic acids is 1. The van der Waals surface area contributed by atoms with E-state index >= 15 is 0 Å². The molecule has 0 spiro atoms. The normalized spacial score (nSPS) is 25.4. The van der Waals surface area contributed by atoms with Crippen LogP contribution in [-0.4, -0.2) is 68.4 Å². The largest absolute Gasteiger partial charge is 0.394 e. The number of para-hydroxylation sites is 1. The van der Waals surface area contributed by atoms with Crippen LogP contribution in [0.5, 0.6) is 0 Å². The van der Waals surface area contributed by atoms with Crippen molar-refractivity contribution in [2.45, 2.75) is 36.9 Å². The van der Waals surface area contributed by atoms with Gasteiger partial charge in [0.05, 0.1) is 12.7 Å². The number of hydrogen-bond acceptors (Lipinski definition) is 7. The third-order valence-electron chi connectivity index (χ3n) is 5.03. The zero-order valence-corrected chi connectivity index (χ0v) is 18.0. The van der Waals surface area contributed by atoms with Gasteiger partial charge in [-0.1, -0.05) is 36.4 Å². The summed E-state index contributed by atoms with van der Waals surface area (Å²) in [6.45, 7) is -0.535. The highest BCUT2D eigenvalue weighted by atomic mass is 32.1. The number of carbonyl (C=O) groups is 1. The number of aliphatic hydroxyl groups excluding tert-OH is 4. The van der Waals surface area contributed by atoms with Crippen LogP contribution in [0.2, 0.25) is 0 Å². The van der Waals surface area contributed by atoms with Crippen molar-refractivity contribution in [3.8, 4) is 0 Å². The highest BCUT2D eigenvalue weighted by molar-refractivity contribution is 7.80. The van der Waals surface area contributed by atoms with Crippen molar-refractivity contribution in [2.75, 3.05) is 17.2 Å². The quantitative estimate of drug-likeness (QED) is 0.268. The van der Waals surface area contributed by atoms with E-state index in [-0.39, 0.29) is 12.2 Å². The number of thiocarbonyl (C=S) groups is 1. The molecule has 1 saturated heterocycles. The highest BCUT2D eigenvalue weighted by Crippen LogP contribution is 2.23. The molecule has 5 atom stereocenters. The monoisotopic (exact) mass is 458 g/mol. The van der Waals surface area contributed by atoms with Crippen molar-refractivity contribution >= 4 is 40.6 Å². The Bertz CT molecular complexity index is 953. The van der Waals surface area contributed by atoms with Gasteiger partial charge < -0.3 is 35.8 Å². The van der Waals surface area contributed by atoms with Gasteiger partial charge in [0.2, 0.25) is 0 Å². The van der Waals surface area contributed by atoms with E-state index in [0.29, 0.717) is 5.11 Å². The maximum Gasteiger partial charge on any atom is 0.175 e. The van der Waals surface area contributed by atoms with Crippen molar-refractivity contribution in [3.05, 3.63) is 66.2 Å². The van der Waals surface area contributed by atoms with Crippen molar-refractivity contribution in [1.82, 2.24) is 0 Å². The van der Waals surface area contributed by atoms with Crippen LogP contribution in [0.4, 0.5) is 11.4 Å². The molecule has 2 aromatic rings. The van der Waals surface area contributed by atoms with E-state index in [0.717, 1.165) is 16.9 Å². The molecule has 1 heterocycles. The first kappa shape index (κ1) is 24.0. The van der Waals surface area contributed by atoms with Gasteiger partial charge in [0.1, 0.15) is 24.4 Å². The van der Waals surface area contributed by atoms with E-state index in [2.05, 4.69) is 10.6 Å².